The number of para-hydroxylation sites is 1. The Morgan fingerprint density at radius 1 is 1.10 bits per heavy atom. The van der Waals surface area contributed by atoms with Gasteiger partial charge in [0, 0.05) is 43.6 Å². The van der Waals surface area contributed by atoms with Gasteiger partial charge in [0.05, 0.1) is 24.0 Å². The number of guanidine groups is 1. The quantitative estimate of drug-likeness (QED) is 0.534. The highest BCUT2D eigenvalue weighted by Crippen LogP contribution is 2.43. The Kier molecular flexibility index (Phi) is 7.68. The van der Waals surface area contributed by atoms with E-state index in [-0.39, 0.29) is 42.6 Å². The van der Waals surface area contributed by atoms with Crippen LogP contribution in [0.5, 0.6) is 11.5 Å². The molecule has 0 saturated heterocycles. The summed E-state index contributed by atoms with van der Waals surface area (Å²) in [6, 6.07) is 12.0. The SMILES string of the molecule is CCC1(CC)CC(=O)N(C2CC(C(=O)N(C)C)Oc3ccc(C(=O)N[C@H]4CC(C)(C)Oc5ccccc54)cc32)C(N)=N1. The first-order chi connectivity index (χ1) is 19.9. The van der Waals surface area contributed by atoms with Crippen LogP contribution in [0.4, 0.5) is 0 Å². The van der Waals surface area contributed by atoms with E-state index in [0.717, 1.165) is 11.3 Å². The molecule has 3 amide bonds. The molecule has 2 aromatic rings. The number of hydrogen-bond donors (Lipinski definition) is 2. The van der Waals surface area contributed by atoms with Gasteiger partial charge in [-0.25, -0.2) is 4.99 Å². The van der Waals surface area contributed by atoms with Crippen LogP contribution in [0.2, 0.25) is 0 Å². The maximum Gasteiger partial charge on any atom is 0.263 e. The highest BCUT2D eigenvalue weighted by atomic mass is 16.5. The van der Waals surface area contributed by atoms with Gasteiger partial charge in [-0.3, -0.25) is 19.3 Å². The summed E-state index contributed by atoms with van der Waals surface area (Å²) in [7, 11) is 3.33. The molecule has 0 spiro atoms. The van der Waals surface area contributed by atoms with Crippen molar-refractivity contribution in [1.29, 1.82) is 0 Å². The normalized spacial score (nSPS) is 23.9. The molecule has 3 aliphatic rings. The molecule has 0 aromatic heterocycles. The highest BCUT2D eigenvalue weighted by molar-refractivity contribution is 6.00. The molecule has 2 unspecified atom stereocenters. The molecule has 10 heteroatoms. The van der Waals surface area contributed by atoms with E-state index in [2.05, 4.69) is 5.32 Å². The smallest absolute Gasteiger partial charge is 0.263 e. The van der Waals surface area contributed by atoms with E-state index in [1.807, 2.05) is 52.0 Å². The van der Waals surface area contributed by atoms with Crippen molar-refractivity contribution in [3.8, 4) is 11.5 Å². The van der Waals surface area contributed by atoms with E-state index in [9.17, 15) is 14.4 Å². The second-order valence-corrected chi connectivity index (χ2v) is 12.3. The average molecular weight is 576 g/mol. The number of fused-ring (bicyclic) bond motifs is 2. The van der Waals surface area contributed by atoms with E-state index in [0.29, 0.717) is 36.1 Å². The standard InChI is InChI=1S/C32H41N5O5/c1-7-32(8-2)18-27(38)37(30(33)35-32)23-16-26(29(40)36(5)6)41-24-14-13-19(15-21(23)24)28(39)34-22-17-31(3,4)42-25-12-10-9-11-20(22)25/h9-15,22-23,26H,7-8,16-18H2,1-6H3,(H2,33,35)(H,34,39)/t22-,23?,26?/m0/s1. The third-order valence-corrected chi connectivity index (χ3v) is 8.71. The molecule has 5 rings (SSSR count). The third kappa shape index (κ3) is 5.42. The van der Waals surface area contributed by atoms with Gasteiger partial charge in [0.1, 0.15) is 17.1 Å². The predicted molar refractivity (Wildman–Crippen MR) is 159 cm³/mol. The minimum absolute atomic E-state index is 0.125. The predicted octanol–water partition coefficient (Wildman–Crippen LogP) is 4.11. The molecule has 42 heavy (non-hydrogen) atoms. The molecule has 10 nitrogen and oxygen atoms in total. The lowest BCUT2D eigenvalue weighted by Gasteiger charge is -2.43. The van der Waals surface area contributed by atoms with E-state index in [4.69, 9.17) is 20.2 Å². The number of nitrogens with zero attached hydrogens (tertiary/aromatic N) is 3. The van der Waals surface area contributed by atoms with E-state index >= 15 is 0 Å². The van der Waals surface area contributed by atoms with Crippen LogP contribution in [-0.4, -0.2) is 64.8 Å². The number of hydrogen-bond acceptors (Lipinski definition) is 7. The fourth-order valence-electron chi connectivity index (χ4n) is 6.27. The van der Waals surface area contributed by atoms with Crippen LogP contribution < -0.4 is 20.5 Å². The number of ether oxygens (including phenoxy) is 2. The number of benzene rings is 2. The minimum atomic E-state index is -0.817. The van der Waals surface area contributed by atoms with Crippen molar-refractivity contribution in [1.82, 2.24) is 15.1 Å². The molecule has 224 valence electrons. The van der Waals surface area contributed by atoms with Gasteiger partial charge < -0.3 is 25.4 Å². The summed E-state index contributed by atoms with van der Waals surface area (Å²) in [5.41, 5.74) is 7.45. The summed E-state index contributed by atoms with van der Waals surface area (Å²) in [5.74, 6) is 0.677. The zero-order chi connectivity index (χ0) is 30.4. The summed E-state index contributed by atoms with van der Waals surface area (Å²) in [6.07, 6.45) is 1.57. The number of amides is 3. The maximum absolute atomic E-state index is 13.7. The minimum Gasteiger partial charge on any atom is -0.487 e. The topological polar surface area (TPSA) is 127 Å². The summed E-state index contributed by atoms with van der Waals surface area (Å²) in [5, 5.41) is 3.18. The molecule has 3 atom stereocenters. The van der Waals surface area contributed by atoms with Crippen LogP contribution in [0.25, 0.3) is 0 Å². The molecule has 3 N–H and O–H groups in total. The van der Waals surface area contributed by atoms with Crippen molar-refractivity contribution in [3.63, 3.8) is 0 Å². The van der Waals surface area contributed by atoms with Crippen LogP contribution in [0, 0.1) is 0 Å². The number of nitrogens with one attached hydrogen (secondary N) is 1. The number of carbonyl (C=O) groups excluding carboxylic acids is 3. The Morgan fingerprint density at radius 2 is 1.81 bits per heavy atom. The Labute approximate surface area is 247 Å². The van der Waals surface area contributed by atoms with Gasteiger partial charge in [-0.15, -0.1) is 0 Å². The Hall–Kier alpha value is -4.08. The van der Waals surface area contributed by atoms with Gasteiger partial charge in [-0.2, -0.15) is 0 Å². The molecule has 0 bridgehead atoms. The number of aliphatic imine (C=N–C) groups is 1. The highest BCUT2D eigenvalue weighted by Gasteiger charge is 2.45. The number of nitrogens with two attached hydrogens (primary N) is 1. The molecule has 0 saturated carbocycles. The zero-order valence-corrected chi connectivity index (χ0v) is 25.3. The van der Waals surface area contributed by atoms with Crippen molar-refractivity contribution in [2.24, 2.45) is 10.7 Å². The zero-order valence-electron chi connectivity index (χ0n) is 25.3. The second-order valence-electron chi connectivity index (χ2n) is 12.3. The summed E-state index contributed by atoms with van der Waals surface area (Å²) < 4.78 is 12.3. The third-order valence-electron chi connectivity index (χ3n) is 8.71. The molecular weight excluding hydrogens is 534 g/mol. The largest absolute Gasteiger partial charge is 0.487 e. The van der Waals surface area contributed by atoms with Gasteiger partial charge in [0.2, 0.25) is 5.91 Å². The van der Waals surface area contributed by atoms with E-state index < -0.39 is 23.3 Å². The number of carbonyl (C=O) groups is 3. The first-order valence-electron chi connectivity index (χ1n) is 14.6. The molecule has 0 radical (unpaired) electrons. The lowest BCUT2D eigenvalue weighted by atomic mass is 9.86. The summed E-state index contributed by atoms with van der Waals surface area (Å²) in [6.45, 7) is 8.01. The monoisotopic (exact) mass is 575 g/mol. The maximum atomic E-state index is 13.7. The van der Waals surface area contributed by atoms with Crippen LogP contribution >= 0.6 is 0 Å². The van der Waals surface area contributed by atoms with Gasteiger partial charge in [0.15, 0.2) is 12.1 Å². The second kappa shape index (κ2) is 11.0. The first kappa shape index (κ1) is 29.4. The van der Waals surface area contributed by atoms with Crippen LogP contribution in [0.3, 0.4) is 0 Å². The molecule has 3 heterocycles. The van der Waals surface area contributed by atoms with Gasteiger partial charge >= 0.3 is 0 Å². The van der Waals surface area contributed by atoms with E-state index in [1.54, 1.807) is 32.3 Å². The lowest BCUT2D eigenvalue weighted by molar-refractivity contribution is -0.140. The number of rotatable bonds is 6. The van der Waals surface area contributed by atoms with Gasteiger partial charge in [-0.1, -0.05) is 32.0 Å². The summed E-state index contributed by atoms with van der Waals surface area (Å²) in [4.78, 5) is 48.1. The fourth-order valence-corrected chi connectivity index (χ4v) is 6.27. The molecule has 0 fully saturated rings. The van der Waals surface area contributed by atoms with Crippen LogP contribution in [0.1, 0.15) is 93.4 Å². The average Bonchev–Trinajstić information content (AvgIpc) is 2.95. The van der Waals surface area contributed by atoms with Gasteiger partial charge in [-0.05, 0) is 51.0 Å². The van der Waals surface area contributed by atoms with Crippen molar-refractivity contribution >= 4 is 23.7 Å². The molecule has 3 aliphatic heterocycles. The van der Waals surface area contributed by atoms with Crippen molar-refractivity contribution < 1.29 is 23.9 Å². The molecule has 0 aliphatic carbocycles. The molecule has 2 aromatic carbocycles. The Morgan fingerprint density at radius 3 is 2.48 bits per heavy atom. The van der Waals surface area contributed by atoms with Crippen LogP contribution in [0.15, 0.2) is 47.5 Å². The number of likely N-dealkylation sites (N-methyl/N-ethyl adjacent to an activating group) is 1. The van der Waals surface area contributed by atoms with Gasteiger partial charge in [0.25, 0.3) is 11.8 Å². The van der Waals surface area contributed by atoms with Crippen molar-refractivity contribution in [2.45, 2.75) is 89.1 Å². The van der Waals surface area contributed by atoms with Crippen molar-refractivity contribution in [3.05, 3.63) is 59.2 Å². The lowest BCUT2D eigenvalue weighted by Crippen LogP contribution is -2.54. The van der Waals surface area contributed by atoms with Crippen molar-refractivity contribution in [2.75, 3.05) is 14.1 Å². The Bertz CT molecular complexity index is 1430. The first-order valence-corrected chi connectivity index (χ1v) is 14.6. The molecular formula is C32H41N5O5. The summed E-state index contributed by atoms with van der Waals surface area (Å²) >= 11 is 0. The van der Waals surface area contributed by atoms with Crippen LogP contribution in [-0.2, 0) is 9.59 Å². The van der Waals surface area contributed by atoms with E-state index in [1.165, 1.54) is 9.80 Å². The fraction of sp³-hybridized carbons (Fsp3) is 0.500. The Balaban J connectivity index is 1.50.